The molecule has 0 fully saturated rings. The zero-order valence-corrected chi connectivity index (χ0v) is 11.0. The summed E-state index contributed by atoms with van der Waals surface area (Å²) in [5, 5.41) is 0. The summed E-state index contributed by atoms with van der Waals surface area (Å²) >= 11 is 5.87. The lowest BCUT2D eigenvalue weighted by atomic mass is 9.99. The molecule has 12 heavy (non-hydrogen) atoms. The van der Waals surface area contributed by atoms with Crippen LogP contribution in [0.4, 0.5) is 0 Å². The second-order valence-corrected chi connectivity index (χ2v) is 5.00. The predicted octanol–water partition coefficient (Wildman–Crippen LogP) is 4.57. The fraction of sp³-hybridized carbons (Fsp3) is 0.400. The molecular formula is C10H12BrI. The largest absolute Gasteiger partial charge is 0.0648 e. The van der Waals surface area contributed by atoms with E-state index in [4.69, 9.17) is 0 Å². The fourth-order valence-corrected chi connectivity index (χ4v) is 1.79. The molecule has 0 N–H and O–H groups in total. The summed E-state index contributed by atoms with van der Waals surface area (Å²) in [4.78, 5) is 0. The molecule has 66 valence electrons. The summed E-state index contributed by atoms with van der Waals surface area (Å²) in [5.74, 6) is 0.665. The van der Waals surface area contributed by atoms with Gasteiger partial charge in [-0.2, -0.15) is 0 Å². The summed E-state index contributed by atoms with van der Waals surface area (Å²) in [5.41, 5.74) is 1.42. The summed E-state index contributed by atoms with van der Waals surface area (Å²) in [6.07, 6.45) is 1.20. The van der Waals surface area contributed by atoms with Crippen LogP contribution < -0.4 is 0 Å². The minimum absolute atomic E-state index is 0.665. The normalized spacial score (nSPS) is 13.0. The van der Waals surface area contributed by atoms with Crippen LogP contribution >= 0.6 is 38.5 Å². The first-order valence-electron chi connectivity index (χ1n) is 4.10. The van der Waals surface area contributed by atoms with Crippen molar-refractivity contribution in [1.29, 1.82) is 0 Å². The SMILES string of the molecule is CCC(C)c1ccc(I)c(Br)c1. The fourth-order valence-electron chi connectivity index (χ4n) is 1.05. The van der Waals surface area contributed by atoms with E-state index in [1.54, 1.807) is 0 Å². The van der Waals surface area contributed by atoms with Gasteiger partial charge in [0.1, 0.15) is 0 Å². The molecule has 1 unspecified atom stereocenters. The van der Waals surface area contributed by atoms with E-state index < -0.39 is 0 Å². The molecule has 0 radical (unpaired) electrons. The first-order valence-corrected chi connectivity index (χ1v) is 5.97. The van der Waals surface area contributed by atoms with Crippen LogP contribution in [0.1, 0.15) is 31.7 Å². The molecule has 0 spiro atoms. The van der Waals surface area contributed by atoms with Crippen LogP contribution in [0, 0.1) is 3.57 Å². The lowest BCUT2D eigenvalue weighted by molar-refractivity contribution is 0.733. The Morgan fingerprint density at radius 1 is 1.50 bits per heavy atom. The van der Waals surface area contributed by atoms with Gasteiger partial charge in [-0.1, -0.05) is 19.9 Å². The van der Waals surface area contributed by atoms with Crippen LogP contribution in [-0.2, 0) is 0 Å². The molecule has 0 bridgehead atoms. The average Bonchev–Trinajstić information content (AvgIpc) is 2.08. The number of halogens is 2. The minimum atomic E-state index is 0.665. The summed E-state index contributed by atoms with van der Waals surface area (Å²) in [6.45, 7) is 4.48. The maximum atomic E-state index is 3.54. The third-order valence-electron chi connectivity index (χ3n) is 2.13. The monoisotopic (exact) mass is 338 g/mol. The smallest absolute Gasteiger partial charge is 0.0311 e. The van der Waals surface area contributed by atoms with Crippen molar-refractivity contribution < 1.29 is 0 Å². The molecule has 0 saturated carbocycles. The van der Waals surface area contributed by atoms with E-state index in [2.05, 4.69) is 70.6 Å². The van der Waals surface area contributed by atoms with Gasteiger partial charge in [-0.25, -0.2) is 0 Å². The molecule has 0 aliphatic rings. The van der Waals surface area contributed by atoms with Crippen LogP contribution in [0.15, 0.2) is 22.7 Å². The highest BCUT2D eigenvalue weighted by Gasteiger charge is 2.04. The molecule has 1 aromatic rings. The van der Waals surface area contributed by atoms with Gasteiger partial charge < -0.3 is 0 Å². The van der Waals surface area contributed by atoms with Crippen molar-refractivity contribution >= 4 is 38.5 Å². The predicted molar refractivity (Wildman–Crippen MR) is 65.6 cm³/mol. The van der Waals surface area contributed by atoms with Gasteiger partial charge in [0.2, 0.25) is 0 Å². The van der Waals surface area contributed by atoms with Gasteiger partial charge in [0.25, 0.3) is 0 Å². The molecule has 0 aromatic heterocycles. The third kappa shape index (κ3) is 2.46. The highest BCUT2D eigenvalue weighted by Crippen LogP contribution is 2.25. The molecule has 1 aromatic carbocycles. The Morgan fingerprint density at radius 2 is 2.17 bits per heavy atom. The van der Waals surface area contributed by atoms with Gasteiger partial charge in [0.05, 0.1) is 0 Å². The Kier molecular flexibility index (Phi) is 4.03. The molecule has 0 saturated heterocycles. The minimum Gasteiger partial charge on any atom is -0.0648 e. The van der Waals surface area contributed by atoms with E-state index in [1.165, 1.54) is 20.0 Å². The Morgan fingerprint density at radius 3 is 2.67 bits per heavy atom. The number of hydrogen-bond donors (Lipinski definition) is 0. The van der Waals surface area contributed by atoms with Crippen molar-refractivity contribution in [3.8, 4) is 0 Å². The molecule has 1 atom stereocenters. The molecule has 1 rings (SSSR count). The molecule has 0 aliphatic heterocycles. The van der Waals surface area contributed by atoms with E-state index in [0.717, 1.165) is 0 Å². The summed E-state index contributed by atoms with van der Waals surface area (Å²) in [7, 11) is 0. The van der Waals surface area contributed by atoms with E-state index in [1.807, 2.05) is 0 Å². The van der Waals surface area contributed by atoms with Gasteiger partial charge in [-0.3, -0.25) is 0 Å². The topological polar surface area (TPSA) is 0 Å². The highest BCUT2D eigenvalue weighted by atomic mass is 127. The first-order chi connectivity index (χ1) is 5.65. The summed E-state index contributed by atoms with van der Waals surface area (Å²) < 4.78 is 2.49. The summed E-state index contributed by atoms with van der Waals surface area (Å²) in [6, 6.07) is 6.59. The van der Waals surface area contributed by atoms with Crippen molar-refractivity contribution in [3.05, 3.63) is 31.8 Å². The van der Waals surface area contributed by atoms with Crippen molar-refractivity contribution in [2.24, 2.45) is 0 Å². The van der Waals surface area contributed by atoms with Crippen LogP contribution in [-0.4, -0.2) is 0 Å². The van der Waals surface area contributed by atoms with E-state index >= 15 is 0 Å². The van der Waals surface area contributed by atoms with Crippen molar-refractivity contribution in [2.75, 3.05) is 0 Å². The van der Waals surface area contributed by atoms with Gasteiger partial charge in [0, 0.05) is 8.04 Å². The Balaban J connectivity index is 2.96. The third-order valence-corrected chi connectivity index (χ3v) is 4.46. The second-order valence-electron chi connectivity index (χ2n) is 2.98. The second kappa shape index (κ2) is 4.61. The van der Waals surface area contributed by atoms with Crippen LogP contribution in [0.25, 0.3) is 0 Å². The van der Waals surface area contributed by atoms with E-state index in [9.17, 15) is 0 Å². The molecule has 0 aliphatic carbocycles. The molecular weight excluding hydrogens is 327 g/mol. The van der Waals surface area contributed by atoms with Crippen LogP contribution in [0.5, 0.6) is 0 Å². The maximum absolute atomic E-state index is 3.54. The van der Waals surface area contributed by atoms with Gasteiger partial charge in [-0.15, -0.1) is 0 Å². The van der Waals surface area contributed by atoms with Crippen LogP contribution in [0.2, 0.25) is 0 Å². The first kappa shape index (κ1) is 10.5. The van der Waals surface area contributed by atoms with Gasteiger partial charge in [-0.05, 0) is 68.6 Å². The van der Waals surface area contributed by atoms with Crippen molar-refractivity contribution in [1.82, 2.24) is 0 Å². The highest BCUT2D eigenvalue weighted by molar-refractivity contribution is 14.1. The zero-order chi connectivity index (χ0) is 9.14. The number of benzene rings is 1. The van der Waals surface area contributed by atoms with Crippen molar-refractivity contribution in [3.63, 3.8) is 0 Å². The van der Waals surface area contributed by atoms with E-state index in [0.29, 0.717) is 5.92 Å². The quantitative estimate of drug-likeness (QED) is 0.693. The molecule has 0 heterocycles. The average molecular weight is 339 g/mol. The van der Waals surface area contributed by atoms with Crippen molar-refractivity contribution in [2.45, 2.75) is 26.2 Å². The number of hydrogen-bond acceptors (Lipinski definition) is 0. The lowest BCUT2D eigenvalue weighted by Crippen LogP contribution is -1.91. The Bertz CT molecular complexity index is 271. The number of rotatable bonds is 2. The lowest BCUT2D eigenvalue weighted by Gasteiger charge is -2.09. The van der Waals surface area contributed by atoms with Gasteiger partial charge >= 0.3 is 0 Å². The molecule has 2 heteroatoms. The zero-order valence-electron chi connectivity index (χ0n) is 7.27. The van der Waals surface area contributed by atoms with Gasteiger partial charge in [0.15, 0.2) is 0 Å². The maximum Gasteiger partial charge on any atom is 0.0311 e. The van der Waals surface area contributed by atoms with Crippen LogP contribution in [0.3, 0.4) is 0 Å². The molecule has 0 amide bonds. The molecule has 0 nitrogen and oxygen atoms in total. The Labute approximate surface area is 96.0 Å². The van der Waals surface area contributed by atoms with E-state index in [-0.39, 0.29) is 0 Å². The Hall–Kier alpha value is 0.430. The standard InChI is InChI=1S/C10H12BrI/c1-3-7(2)8-4-5-10(12)9(11)6-8/h4-7H,3H2,1-2H3.